The van der Waals surface area contributed by atoms with Gasteiger partial charge in [0.05, 0.1) is 17.6 Å². The van der Waals surface area contributed by atoms with Crippen molar-refractivity contribution in [2.24, 2.45) is 11.1 Å². The third kappa shape index (κ3) is 3.81. The lowest BCUT2D eigenvalue weighted by molar-refractivity contribution is -0.118. The smallest absolute Gasteiger partial charge is 0.162 e. The Balaban J connectivity index is 1.63. The number of carbonyl (C=O) groups excluding carboxylic acids is 1. The highest BCUT2D eigenvalue weighted by molar-refractivity contribution is 6.00. The number of nitriles is 1. The zero-order valence-electron chi connectivity index (χ0n) is 17.2. The van der Waals surface area contributed by atoms with Gasteiger partial charge in [-0.15, -0.1) is 0 Å². The molecule has 0 aromatic heterocycles. The van der Waals surface area contributed by atoms with Crippen LogP contribution in [0, 0.1) is 16.7 Å². The third-order valence-corrected chi connectivity index (χ3v) is 5.66. The number of hydrogen-bond donors (Lipinski definition) is 2. The minimum Gasteiger partial charge on any atom is -0.489 e. The van der Waals surface area contributed by atoms with Crippen LogP contribution in [0.2, 0.25) is 0 Å². The first kappa shape index (κ1) is 19.8. The summed E-state index contributed by atoms with van der Waals surface area (Å²) in [5.41, 5.74) is 9.89. The lowest BCUT2D eigenvalue weighted by atomic mass is 9.69. The number of ether oxygens (including phenoxy) is 1. The first-order valence-corrected chi connectivity index (χ1v) is 10.1. The van der Waals surface area contributed by atoms with E-state index in [4.69, 9.17) is 10.5 Å². The van der Waals surface area contributed by atoms with Crippen molar-refractivity contribution in [2.75, 3.05) is 0 Å². The fourth-order valence-electron chi connectivity index (χ4n) is 4.27. The van der Waals surface area contributed by atoms with Gasteiger partial charge in [-0.05, 0) is 35.1 Å². The molecule has 5 nitrogen and oxygen atoms in total. The number of benzene rings is 2. The van der Waals surface area contributed by atoms with Crippen LogP contribution >= 0.6 is 0 Å². The number of allylic oxidation sites excluding steroid dienone is 3. The molecule has 5 heteroatoms. The first-order chi connectivity index (χ1) is 14.4. The number of dihydropyridines is 1. The lowest BCUT2D eigenvalue weighted by Crippen LogP contribution is -2.39. The van der Waals surface area contributed by atoms with E-state index in [0.29, 0.717) is 30.0 Å². The average Bonchev–Trinajstić information content (AvgIpc) is 2.71. The molecule has 0 fully saturated rings. The molecule has 1 heterocycles. The van der Waals surface area contributed by atoms with E-state index >= 15 is 0 Å². The molecule has 0 saturated heterocycles. The second-order valence-electron chi connectivity index (χ2n) is 8.67. The van der Waals surface area contributed by atoms with Crippen LogP contribution in [-0.2, 0) is 11.4 Å². The van der Waals surface area contributed by atoms with Crippen LogP contribution in [0.4, 0.5) is 0 Å². The molecule has 152 valence electrons. The molecule has 1 unspecified atom stereocenters. The maximum Gasteiger partial charge on any atom is 0.162 e. The molecule has 2 aromatic rings. The molecule has 1 atom stereocenters. The van der Waals surface area contributed by atoms with Gasteiger partial charge in [-0.2, -0.15) is 5.26 Å². The fourth-order valence-corrected chi connectivity index (χ4v) is 4.27. The zero-order chi connectivity index (χ0) is 21.3. The normalized spacial score (nSPS) is 20.3. The number of nitrogens with two attached hydrogens (primary N) is 1. The summed E-state index contributed by atoms with van der Waals surface area (Å²) in [5.74, 6) is 0.690. The third-order valence-electron chi connectivity index (χ3n) is 5.66. The Hall–Kier alpha value is -3.52. The van der Waals surface area contributed by atoms with Crippen LogP contribution < -0.4 is 15.8 Å². The van der Waals surface area contributed by atoms with Crippen LogP contribution in [0.3, 0.4) is 0 Å². The van der Waals surface area contributed by atoms with Gasteiger partial charge < -0.3 is 15.8 Å². The van der Waals surface area contributed by atoms with E-state index < -0.39 is 5.92 Å². The van der Waals surface area contributed by atoms with Crippen LogP contribution in [-0.4, -0.2) is 5.78 Å². The van der Waals surface area contributed by atoms with Crippen LogP contribution in [0.25, 0.3) is 0 Å². The molecule has 3 N–H and O–H groups in total. The first-order valence-electron chi connectivity index (χ1n) is 10.1. The number of carbonyl (C=O) groups is 1. The molecule has 2 aromatic carbocycles. The van der Waals surface area contributed by atoms with E-state index in [1.165, 1.54) is 0 Å². The molecule has 1 aliphatic heterocycles. The van der Waals surface area contributed by atoms with Gasteiger partial charge in [-0.1, -0.05) is 56.3 Å². The van der Waals surface area contributed by atoms with Crippen molar-refractivity contribution in [3.8, 4) is 11.8 Å². The van der Waals surface area contributed by atoms with Crippen molar-refractivity contribution in [1.82, 2.24) is 5.32 Å². The van der Waals surface area contributed by atoms with E-state index in [2.05, 4.69) is 25.2 Å². The summed E-state index contributed by atoms with van der Waals surface area (Å²) in [7, 11) is 0. The maximum atomic E-state index is 13.0. The Morgan fingerprint density at radius 2 is 1.83 bits per heavy atom. The Labute approximate surface area is 176 Å². The largest absolute Gasteiger partial charge is 0.489 e. The second-order valence-corrected chi connectivity index (χ2v) is 8.67. The van der Waals surface area contributed by atoms with E-state index in [-0.39, 0.29) is 11.2 Å². The molecular weight excluding hydrogens is 374 g/mol. The summed E-state index contributed by atoms with van der Waals surface area (Å²) in [4.78, 5) is 13.0. The molecule has 4 rings (SSSR count). The Morgan fingerprint density at radius 3 is 2.50 bits per heavy atom. The summed E-state index contributed by atoms with van der Waals surface area (Å²) >= 11 is 0. The minimum atomic E-state index is -0.446. The Kier molecular flexibility index (Phi) is 5.09. The van der Waals surface area contributed by atoms with Crippen LogP contribution in [0.15, 0.2) is 77.3 Å². The molecule has 0 bridgehead atoms. The molecule has 0 amide bonds. The van der Waals surface area contributed by atoms with Crippen molar-refractivity contribution < 1.29 is 9.53 Å². The van der Waals surface area contributed by atoms with Crippen molar-refractivity contribution in [3.05, 3.63) is 88.4 Å². The lowest BCUT2D eigenvalue weighted by Gasteiger charge is -2.38. The van der Waals surface area contributed by atoms with Crippen LogP contribution in [0.1, 0.15) is 43.7 Å². The Morgan fingerprint density at radius 1 is 1.13 bits per heavy atom. The molecule has 30 heavy (non-hydrogen) atoms. The molecule has 0 spiro atoms. The topological polar surface area (TPSA) is 88.1 Å². The van der Waals surface area contributed by atoms with Gasteiger partial charge in [-0.25, -0.2) is 0 Å². The second kappa shape index (κ2) is 7.72. The van der Waals surface area contributed by atoms with E-state index in [9.17, 15) is 10.1 Å². The van der Waals surface area contributed by atoms with E-state index in [1.54, 1.807) is 0 Å². The zero-order valence-corrected chi connectivity index (χ0v) is 17.2. The highest BCUT2D eigenvalue weighted by Crippen LogP contribution is 2.45. The van der Waals surface area contributed by atoms with Gasteiger partial charge in [-0.3, -0.25) is 4.79 Å². The minimum absolute atomic E-state index is 0.0726. The molecule has 0 saturated carbocycles. The highest BCUT2D eigenvalue weighted by Gasteiger charge is 2.41. The number of ketones is 1. The van der Waals surface area contributed by atoms with E-state index in [0.717, 1.165) is 29.0 Å². The summed E-state index contributed by atoms with van der Waals surface area (Å²) in [5, 5.41) is 12.9. The number of nitrogens with zero attached hydrogens (tertiary/aromatic N) is 1. The molecule has 0 radical (unpaired) electrons. The van der Waals surface area contributed by atoms with Gasteiger partial charge in [0, 0.05) is 17.7 Å². The molecule has 2 aliphatic rings. The van der Waals surface area contributed by atoms with Crippen molar-refractivity contribution in [3.63, 3.8) is 0 Å². The average molecular weight is 399 g/mol. The van der Waals surface area contributed by atoms with Crippen molar-refractivity contribution >= 4 is 5.78 Å². The maximum absolute atomic E-state index is 13.0. The summed E-state index contributed by atoms with van der Waals surface area (Å²) in [6.07, 6.45) is 1.18. The van der Waals surface area contributed by atoms with Crippen molar-refractivity contribution in [1.29, 1.82) is 5.26 Å². The summed E-state index contributed by atoms with van der Waals surface area (Å²) < 4.78 is 5.87. The monoisotopic (exact) mass is 399 g/mol. The van der Waals surface area contributed by atoms with Gasteiger partial charge in [0.15, 0.2) is 5.78 Å². The van der Waals surface area contributed by atoms with Crippen molar-refractivity contribution in [2.45, 2.75) is 39.2 Å². The Bertz CT molecular complexity index is 1070. The number of nitrogens with one attached hydrogen (secondary N) is 1. The van der Waals surface area contributed by atoms with E-state index in [1.807, 2.05) is 54.6 Å². The fraction of sp³-hybridized carbons (Fsp3) is 0.280. The SMILES string of the molecule is CC1(C)CC(=O)C2=C(C1)NC(N)=C(C#N)C2c1ccc(OCc2ccccc2)cc1. The van der Waals surface area contributed by atoms with Gasteiger partial charge in [0.1, 0.15) is 18.2 Å². The number of Topliss-reactive ketones (excluding diaryl/α,β-unsaturated/α-hetero) is 1. The standard InChI is InChI=1S/C25H25N3O2/c1-25(2)12-20-23(21(29)13-25)22(19(14-26)24(27)28-20)17-8-10-18(11-9-17)30-15-16-6-4-3-5-7-16/h3-11,22,28H,12-13,15,27H2,1-2H3. The molecular formula is C25H25N3O2. The highest BCUT2D eigenvalue weighted by atomic mass is 16.5. The summed E-state index contributed by atoms with van der Waals surface area (Å²) in [6, 6.07) is 19.8. The predicted molar refractivity (Wildman–Crippen MR) is 115 cm³/mol. The summed E-state index contributed by atoms with van der Waals surface area (Å²) in [6.45, 7) is 4.63. The van der Waals surface area contributed by atoms with Gasteiger partial charge >= 0.3 is 0 Å². The predicted octanol–water partition coefficient (Wildman–Crippen LogP) is 4.29. The quantitative estimate of drug-likeness (QED) is 0.801. The number of rotatable bonds is 4. The van der Waals surface area contributed by atoms with Gasteiger partial charge in [0.25, 0.3) is 0 Å². The molecule has 1 aliphatic carbocycles. The van der Waals surface area contributed by atoms with Crippen LogP contribution in [0.5, 0.6) is 5.75 Å². The number of hydrogen-bond acceptors (Lipinski definition) is 5. The van der Waals surface area contributed by atoms with Gasteiger partial charge in [0.2, 0.25) is 0 Å².